The second kappa shape index (κ2) is 8.22. The molecule has 106 valence electrons. The summed E-state index contributed by atoms with van der Waals surface area (Å²) in [6.07, 6.45) is 0. The maximum atomic E-state index is 10.8. The van der Waals surface area contributed by atoms with Crippen LogP contribution >= 0.6 is 0 Å². The third-order valence-corrected chi connectivity index (χ3v) is 2.26. The molecule has 19 heavy (non-hydrogen) atoms. The zero-order valence-electron chi connectivity index (χ0n) is 10.3. The molecule has 0 spiro atoms. The molecule has 0 aliphatic rings. The van der Waals surface area contributed by atoms with E-state index < -0.39 is 9.85 Å². The van der Waals surface area contributed by atoms with E-state index in [0.29, 0.717) is 13.1 Å². The summed E-state index contributed by atoms with van der Waals surface area (Å²) < 4.78 is 0. The van der Waals surface area contributed by atoms with Gasteiger partial charge in [0.15, 0.2) is 0 Å². The Morgan fingerprint density at radius 3 is 2.37 bits per heavy atom. The summed E-state index contributed by atoms with van der Waals surface area (Å²) in [6, 6.07) is 3.54. The first-order valence-corrected chi connectivity index (χ1v) is 5.43. The second-order valence-corrected chi connectivity index (χ2v) is 3.50. The van der Waals surface area contributed by atoms with Crippen molar-refractivity contribution in [3.05, 3.63) is 38.4 Å². The number of hydrogen-bond acceptors (Lipinski definition) is 6. The number of nitrogens with one attached hydrogen (secondary N) is 2. The van der Waals surface area contributed by atoms with E-state index in [9.17, 15) is 20.2 Å². The van der Waals surface area contributed by atoms with Crippen LogP contribution in [-0.2, 0) is 0 Å². The van der Waals surface area contributed by atoms with E-state index in [2.05, 4.69) is 10.6 Å². The molecule has 0 amide bonds. The molecule has 2 N–H and O–H groups in total. The highest BCUT2D eigenvalue weighted by Crippen LogP contribution is 2.28. The van der Waals surface area contributed by atoms with Crippen LogP contribution in [-0.4, -0.2) is 29.5 Å². The van der Waals surface area contributed by atoms with Crippen LogP contribution in [0.3, 0.4) is 0 Å². The Bertz CT molecular complexity index is 455. The number of hydrogen-bond donors (Lipinski definition) is 2. The van der Waals surface area contributed by atoms with E-state index >= 15 is 0 Å². The van der Waals surface area contributed by atoms with E-state index in [1.807, 2.05) is 6.92 Å². The zero-order valence-corrected chi connectivity index (χ0v) is 11.0. The smallest absolute Gasteiger partial charge is 0.299 e. The average molecular weight is 290 g/mol. The largest absolute Gasteiger partial charge is 1.00 e. The van der Waals surface area contributed by atoms with Crippen LogP contribution in [0.4, 0.5) is 17.1 Å². The maximum Gasteiger partial charge on any atom is 0.299 e. The van der Waals surface area contributed by atoms with Gasteiger partial charge in [-0.25, -0.2) is 0 Å². The molecule has 8 nitrogen and oxygen atoms in total. The minimum absolute atomic E-state index is 0. The summed E-state index contributed by atoms with van der Waals surface area (Å²) in [4.78, 5) is 20.1. The first-order valence-electron chi connectivity index (χ1n) is 5.43. The van der Waals surface area contributed by atoms with Crippen molar-refractivity contribution in [2.45, 2.75) is 6.92 Å². The lowest BCUT2D eigenvalue weighted by atomic mass is 10.2. The summed E-state index contributed by atoms with van der Waals surface area (Å²) in [5, 5.41) is 27.3. The van der Waals surface area contributed by atoms with E-state index in [4.69, 9.17) is 0 Å². The van der Waals surface area contributed by atoms with Gasteiger partial charge in [0.2, 0.25) is 0 Å². The molecule has 1 aromatic rings. The minimum Gasteiger partial charge on any atom is -1.00 e. The van der Waals surface area contributed by atoms with Crippen LogP contribution in [0.1, 0.15) is 6.92 Å². The number of benzene rings is 1. The highest BCUT2D eigenvalue weighted by Gasteiger charge is 2.18. The lowest BCUT2D eigenvalue weighted by Gasteiger charge is -2.07. The summed E-state index contributed by atoms with van der Waals surface area (Å²) in [5.74, 6) is 0. The van der Waals surface area contributed by atoms with Gasteiger partial charge >= 0.3 is 0 Å². The predicted octanol–water partition coefficient (Wildman–Crippen LogP) is -1.47. The van der Waals surface area contributed by atoms with Crippen molar-refractivity contribution in [2.75, 3.05) is 25.0 Å². The van der Waals surface area contributed by atoms with Crippen LogP contribution in [0.5, 0.6) is 0 Å². The quantitative estimate of drug-likeness (QED) is 0.360. The number of halogens is 1. The van der Waals surface area contributed by atoms with Crippen LogP contribution in [0.25, 0.3) is 0 Å². The number of non-ortho nitro benzene ring substituents is 1. The monoisotopic (exact) mass is 289 g/mol. The van der Waals surface area contributed by atoms with E-state index in [1.54, 1.807) is 0 Å². The van der Waals surface area contributed by atoms with Crippen molar-refractivity contribution >= 4 is 17.1 Å². The Hall–Kier alpha value is -1.93. The topological polar surface area (TPSA) is 110 Å². The molecule has 0 radical (unpaired) electrons. The fourth-order valence-corrected chi connectivity index (χ4v) is 1.40. The normalized spacial score (nSPS) is 9.53. The number of nitro groups is 2. The molecule has 0 bridgehead atoms. The van der Waals surface area contributed by atoms with Gasteiger partial charge in [-0.3, -0.25) is 20.2 Å². The summed E-state index contributed by atoms with van der Waals surface area (Å²) in [6.45, 7) is 3.93. The lowest BCUT2D eigenvalue weighted by Crippen LogP contribution is -3.00. The molecule has 0 heterocycles. The molecule has 1 aromatic carbocycles. The molecule has 0 aliphatic heterocycles. The van der Waals surface area contributed by atoms with E-state index in [1.165, 1.54) is 12.1 Å². The van der Waals surface area contributed by atoms with Crippen molar-refractivity contribution < 1.29 is 22.3 Å². The molecule has 0 fully saturated rings. The first-order chi connectivity index (χ1) is 8.56. The fraction of sp³-hybridized carbons (Fsp3) is 0.400. The molecule has 9 heteroatoms. The molecular formula is C10H14ClN4O4-. The van der Waals surface area contributed by atoms with Gasteiger partial charge in [0.05, 0.1) is 15.9 Å². The van der Waals surface area contributed by atoms with Crippen molar-refractivity contribution in [1.82, 2.24) is 5.32 Å². The van der Waals surface area contributed by atoms with Gasteiger partial charge in [0.25, 0.3) is 11.4 Å². The second-order valence-electron chi connectivity index (χ2n) is 3.50. The summed E-state index contributed by atoms with van der Waals surface area (Å²) in [7, 11) is 0. The van der Waals surface area contributed by atoms with Crippen LogP contribution in [0, 0.1) is 20.2 Å². The molecule has 0 atom stereocenters. The molecule has 0 aromatic heterocycles. The molecule has 1 rings (SSSR count). The van der Waals surface area contributed by atoms with E-state index in [0.717, 1.165) is 12.6 Å². The summed E-state index contributed by atoms with van der Waals surface area (Å²) in [5.41, 5.74) is -0.303. The third kappa shape index (κ3) is 5.06. The Balaban J connectivity index is 0.00000324. The highest BCUT2D eigenvalue weighted by molar-refractivity contribution is 5.65. The number of rotatable bonds is 7. The Kier molecular flexibility index (Phi) is 7.39. The van der Waals surface area contributed by atoms with Crippen molar-refractivity contribution in [3.63, 3.8) is 0 Å². The van der Waals surface area contributed by atoms with Crippen molar-refractivity contribution in [1.29, 1.82) is 0 Å². The molecule has 0 saturated heterocycles. The molecule has 0 aliphatic carbocycles. The number of nitro benzene ring substituents is 2. The molecule has 0 unspecified atom stereocenters. The number of anilines is 1. The Morgan fingerprint density at radius 1 is 1.16 bits per heavy atom. The molecule has 0 saturated carbocycles. The first kappa shape index (κ1) is 17.1. The average Bonchev–Trinajstić information content (AvgIpc) is 2.34. The SMILES string of the molecule is CCNCCNc1ccc([N+](=O)[O-])cc1[N+](=O)[O-].[Cl-]. The van der Waals surface area contributed by atoms with Gasteiger partial charge in [0, 0.05) is 19.2 Å². The van der Waals surface area contributed by atoms with Gasteiger partial charge < -0.3 is 23.0 Å². The van der Waals surface area contributed by atoms with Crippen LogP contribution < -0.4 is 23.0 Å². The Labute approximate surface area is 115 Å². The maximum absolute atomic E-state index is 10.8. The Morgan fingerprint density at radius 2 is 1.84 bits per heavy atom. The van der Waals surface area contributed by atoms with E-state index in [-0.39, 0.29) is 29.5 Å². The molecular weight excluding hydrogens is 276 g/mol. The third-order valence-electron chi connectivity index (χ3n) is 2.26. The van der Waals surface area contributed by atoms with Crippen LogP contribution in [0.2, 0.25) is 0 Å². The number of likely N-dealkylation sites (N-methyl/N-ethyl adjacent to an activating group) is 1. The van der Waals surface area contributed by atoms with Crippen molar-refractivity contribution in [2.24, 2.45) is 0 Å². The van der Waals surface area contributed by atoms with Gasteiger partial charge in [-0.2, -0.15) is 0 Å². The fourth-order valence-electron chi connectivity index (χ4n) is 1.40. The standard InChI is InChI=1S/C10H14N4O4.ClH/c1-2-11-5-6-12-9-4-3-8(13(15)16)7-10(9)14(17)18;/h3-4,7,11-12H,2,5-6H2,1H3;1H/p-1. The van der Waals surface area contributed by atoms with Crippen LogP contribution in [0.15, 0.2) is 18.2 Å². The minimum atomic E-state index is -0.657. The van der Waals surface area contributed by atoms with Gasteiger partial charge in [-0.1, -0.05) is 6.92 Å². The number of nitrogens with zero attached hydrogens (tertiary/aromatic N) is 2. The van der Waals surface area contributed by atoms with Gasteiger partial charge in [0.1, 0.15) is 5.69 Å². The van der Waals surface area contributed by atoms with Crippen molar-refractivity contribution in [3.8, 4) is 0 Å². The highest BCUT2D eigenvalue weighted by atomic mass is 35.5. The lowest BCUT2D eigenvalue weighted by molar-refractivity contribution is -0.393. The predicted molar refractivity (Wildman–Crippen MR) is 66.8 cm³/mol. The van der Waals surface area contributed by atoms with Gasteiger partial charge in [-0.15, -0.1) is 0 Å². The van der Waals surface area contributed by atoms with Gasteiger partial charge in [-0.05, 0) is 12.6 Å². The summed E-state index contributed by atoms with van der Waals surface area (Å²) >= 11 is 0. The zero-order chi connectivity index (χ0) is 13.5.